The van der Waals surface area contributed by atoms with Crippen LogP contribution >= 0.6 is 0 Å². The highest BCUT2D eigenvalue weighted by Gasteiger charge is 2.49. The van der Waals surface area contributed by atoms with Gasteiger partial charge in [-0.3, -0.25) is 19.2 Å². The molecule has 2 saturated heterocycles. The highest BCUT2D eigenvalue weighted by atomic mass is 16.2. The molecule has 61 heavy (non-hydrogen) atoms. The lowest BCUT2D eigenvalue weighted by Gasteiger charge is -2.19. The van der Waals surface area contributed by atoms with Crippen LogP contribution in [0.4, 0.5) is 4.79 Å². The van der Waals surface area contributed by atoms with Crippen LogP contribution in [0.25, 0.3) is 0 Å². The number of nitrogens with one attached hydrogen (secondary N) is 4. The fourth-order valence-electron chi connectivity index (χ4n) is 9.34. The molecule has 2 aliphatic carbocycles. The molecule has 3 aromatic carbocycles. The summed E-state index contributed by atoms with van der Waals surface area (Å²) in [5.74, 6) is -1.70. The second kappa shape index (κ2) is 21.6. The number of unbranched alkanes of at least 4 members (excludes halogenated alkanes) is 10. The van der Waals surface area contributed by atoms with Crippen LogP contribution in [0, 0.1) is 11.8 Å². The van der Waals surface area contributed by atoms with Crippen LogP contribution < -0.4 is 21.3 Å². The van der Waals surface area contributed by atoms with Gasteiger partial charge in [0.05, 0.1) is 11.8 Å². The molecule has 4 N–H and O–H groups in total. The number of urea groups is 1. The standard InChI is InChI=1S/C50H66N6O5/c1-2-3-4-5-6-7-8-9-10-11-18-28-51-50(61)52-39-27-29-55(32-39)48(59)37-23-25-38(26-24-37)49(60)56-33-42(46(57)53-44-30-40(44)35-19-14-12-15-20-35)43(34-56)47(58)54-45-31-41(45)36-21-16-13-17-22-36/h12-17,19-26,39-45H,2-11,18,27-34H2,1H3,(H,53,57)(H,54,58)(H2,51,52,61)/t39-,40-,41-,42?,43?,44+,45+/m1/s1. The Balaban J connectivity index is 0.862. The highest BCUT2D eigenvalue weighted by molar-refractivity contribution is 5.99. The molecular weight excluding hydrogens is 765 g/mol. The van der Waals surface area contributed by atoms with Crippen molar-refractivity contribution in [2.45, 2.75) is 127 Å². The highest BCUT2D eigenvalue weighted by Crippen LogP contribution is 2.42. The van der Waals surface area contributed by atoms with Crippen LogP contribution in [0.1, 0.15) is 140 Å². The van der Waals surface area contributed by atoms with Crippen molar-refractivity contribution in [1.82, 2.24) is 31.1 Å². The molecule has 11 nitrogen and oxygen atoms in total. The van der Waals surface area contributed by atoms with E-state index in [4.69, 9.17) is 0 Å². The van der Waals surface area contributed by atoms with E-state index in [1.807, 2.05) is 36.4 Å². The number of nitrogens with zero attached hydrogens (tertiary/aromatic N) is 2. The SMILES string of the molecule is CCCCCCCCCCCCCNC(=O)N[C@@H]1CCN(C(=O)c2ccc(C(=O)N3CC(C(=O)N[C@H]4C[C@@H]4c4ccccc4)C(C(=O)N[C@H]4C[C@@H]4c4ccccc4)C3)cc2)C1. The van der Waals surface area contributed by atoms with Gasteiger partial charge in [0.15, 0.2) is 0 Å². The van der Waals surface area contributed by atoms with Gasteiger partial charge < -0.3 is 31.1 Å². The molecule has 2 unspecified atom stereocenters. The van der Waals surface area contributed by atoms with Crippen molar-refractivity contribution in [2.75, 3.05) is 32.7 Å². The Labute approximate surface area is 362 Å². The van der Waals surface area contributed by atoms with Gasteiger partial charge in [-0.2, -0.15) is 0 Å². The van der Waals surface area contributed by atoms with Crippen LogP contribution in [0.3, 0.4) is 0 Å². The van der Waals surface area contributed by atoms with Crippen molar-refractivity contribution in [3.63, 3.8) is 0 Å². The number of hydrogen-bond donors (Lipinski definition) is 4. The third kappa shape index (κ3) is 12.2. The van der Waals surface area contributed by atoms with E-state index in [0.29, 0.717) is 37.2 Å². The molecule has 326 valence electrons. The molecule has 2 aliphatic heterocycles. The van der Waals surface area contributed by atoms with Crippen molar-refractivity contribution in [2.24, 2.45) is 11.8 Å². The second-order valence-corrected chi connectivity index (χ2v) is 17.9. The molecule has 0 radical (unpaired) electrons. The first kappa shape index (κ1) is 43.9. The fraction of sp³-hybridized carbons (Fsp3) is 0.540. The van der Waals surface area contributed by atoms with E-state index < -0.39 is 11.8 Å². The maximum Gasteiger partial charge on any atom is 0.315 e. The minimum Gasteiger partial charge on any atom is -0.352 e. The molecule has 0 spiro atoms. The Morgan fingerprint density at radius 3 is 1.49 bits per heavy atom. The lowest BCUT2D eigenvalue weighted by molar-refractivity contribution is -0.133. The summed E-state index contributed by atoms with van der Waals surface area (Å²) in [6.07, 6.45) is 16.3. The van der Waals surface area contributed by atoms with E-state index in [2.05, 4.69) is 52.5 Å². The minimum atomic E-state index is -0.681. The molecule has 0 bridgehead atoms. The van der Waals surface area contributed by atoms with Crippen molar-refractivity contribution >= 4 is 29.7 Å². The Hall–Kier alpha value is -5.19. The number of amides is 6. The van der Waals surface area contributed by atoms with Gasteiger partial charge in [0, 0.05) is 73.8 Å². The molecule has 4 fully saturated rings. The smallest absolute Gasteiger partial charge is 0.315 e. The zero-order valence-electron chi connectivity index (χ0n) is 36.0. The second-order valence-electron chi connectivity index (χ2n) is 17.9. The monoisotopic (exact) mass is 831 g/mol. The van der Waals surface area contributed by atoms with E-state index in [1.165, 1.54) is 68.9 Å². The van der Waals surface area contributed by atoms with E-state index >= 15 is 0 Å². The van der Waals surface area contributed by atoms with Gasteiger partial charge in [-0.1, -0.05) is 132 Å². The maximum atomic E-state index is 13.9. The van der Waals surface area contributed by atoms with Gasteiger partial charge >= 0.3 is 6.03 Å². The van der Waals surface area contributed by atoms with Crippen LogP contribution in [0.5, 0.6) is 0 Å². The number of likely N-dealkylation sites (tertiary alicyclic amines) is 2. The molecule has 2 saturated carbocycles. The Morgan fingerprint density at radius 1 is 0.541 bits per heavy atom. The Kier molecular flexibility index (Phi) is 15.5. The predicted octanol–water partition coefficient (Wildman–Crippen LogP) is 7.54. The quantitative estimate of drug-likeness (QED) is 0.0822. The Bertz CT molecular complexity index is 1850. The maximum absolute atomic E-state index is 13.9. The topological polar surface area (TPSA) is 140 Å². The van der Waals surface area contributed by atoms with Crippen LogP contribution in [-0.2, 0) is 9.59 Å². The fourth-order valence-corrected chi connectivity index (χ4v) is 9.34. The van der Waals surface area contributed by atoms with Gasteiger partial charge in [-0.25, -0.2) is 4.79 Å². The summed E-state index contributed by atoms with van der Waals surface area (Å²) in [7, 11) is 0. The minimum absolute atomic E-state index is 0.00206. The third-order valence-electron chi connectivity index (χ3n) is 13.2. The summed E-state index contributed by atoms with van der Waals surface area (Å²) in [4.78, 5) is 71.0. The molecule has 6 amide bonds. The zero-order valence-corrected chi connectivity index (χ0v) is 36.0. The number of rotatable bonds is 21. The number of hydrogen-bond acceptors (Lipinski definition) is 5. The van der Waals surface area contributed by atoms with Crippen molar-refractivity contribution in [3.05, 3.63) is 107 Å². The van der Waals surface area contributed by atoms with Gasteiger partial charge in [-0.15, -0.1) is 0 Å². The van der Waals surface area contributed by atoms with Crippen LogP contribution in [-0.4, -0.2) is 90.3 Å². The first-order valence-corrected chi connectivity index (χ1v) is 23.2. The summed E-state index contributed by atoms with van der Waals surface area (Å²) in [6.45, 7) is 4.12. The van der Waals surface area contributed by atoms with Crippen molar-refractivity contribution < 1.29 is 24.0 Å². The molecule has 11 heteroatoms. The Morgan fingerprint density at radius 2 is 1.00 bits per heavy atom. The van der Waals surface area contributed by atoms with E-state index in [-0.39, 0.29) is 72.7 Å². The third-order valence-corrected chi connectivity index (χ3v) is 13.2. The summed E-state index contributed by atoms with van der Waals surface area (Å²) in [5.41, 5.74) is 3.22. The van der Waals surface area contributed by atoms with Crippen LogP contribution in [0.2, 0.25) is 0 Å². The summed E-state index contributed by atoms with van der Waals surface area (Å²) < 4.78 is 0. The van der Waals surface area contributed by atoms with Gasteiger partial charge in [0.1, 0.15) is 0 Å². The average molecular weight is 831 g/mol. The van der Waals surface area contributed by atoms with Crippen LogP contribution in [0.15, 0.2) is 84.9 Å². The summed E-state index contributed by atoms with van der Waals surface area (Å²) >= 11 is 0. The average Bonchev–Trinajstić information content (AvgIpc) is 4.12. The van der Waals surface area contributed by atoms with Gasteiger partial charge in [0.25, 0.3) is 11.8 Å². The van der Waals surface area contributed by atoms with E-state index in [9.17, 15) is 24.0 Å². The van der Waals surface area contributed by atoms with Crippen molar-refractivity contribution in [1.29, 1.82) is 0 Å². The van der Waals surface area contributed by atoms with Crippen molar-refractivity contribution in [3.8, 4) is 0 Å². The first-order chi connectivity index (χ1) is 29.8. The normalized spacial score (nSPS) is 23.9. The van der Waals surface area contributed by atoms with E-state index in [1.54, 1.807) is 34.1 Å². The zero-order chi connectivity index (χ0) is 42.6. The molecular formula is C50H66N6O5. The van der Waals surface area contributed by atoms with Gasteiger partial charge in [0.2, 0.25) is 11.8 Å². The van der Waals surface area contributed by atoms with E-state index in [0.717, 1.165) is 25.7 Å². The molecule has 4 aliphatic rings. The molecule has 0 aromatic heterocycles. The molecule has 7 atom stereocenters. The predicted molar refractivity (Wildman–Crippen MR) is 238 cm³/mol. The molecule has 3 aromatic rings. The number of carbonyl (C=O) groups is 5. The lowest BCUT2D eigenvalue weighted by atomic mass is 9.94. The number of benzene rings is 3. The molecule has 7 rings (SSSR count). The summed E-state index contributed by atoms with van der Waals surface area (Å²) in [6, 6.07) is 26.5. The molecule has 2 heterocycles. The lowest BCUT2D eigenvalue weighted by Crippen LogP contribution is -2.44. The van der Waals surface area contributed by atoms with Gasteiger partial charge in [-0.05, 0) is 61.1 Å². The number of carbonyl (C=O) groups excluding carboxylic acids is 5. The largest absolute Gasteiger partial charge is 0.352 e. The summed E-state index contributed by atoms with van der Waals surface area (Å²) in [5, 5.41) is 12.4. The first-order valence-electron chi connectivity index (χ1n) is 23.2.